The normalized spacial score (nSPS) is 19.1. The van der Waals surface area contributed by atoms with Gasteiger partial charge in [0.05, 0.1) is 6.04 Å². The van der Waals surface area contributed by atoms with Crippen LogP contribution in [0.15, 0.2) is 30.3 Å². The minimum absolute atomic E-state index is 0.104. The van der Waals surface area contributed by atoms with Gasteiger partial charge in [-0.3, -0.25) is 4.79 Å². The van der Waals surface area contributed by atoms with Crippen LogP contribution in [-0.4, -0.2) is 5.91 Å². The standard InChI is InChI=1S/C17H25NO/c1-3-13(2)17(19)18-16(15-11-7-8-12-15)14-9-5-4-6-10-14/h4-6,9-10,13,15-16H,3,7-8,11-12H2,1-2H3,(H,18,19). The van der Waals surface area contributed by atoms with Crippen LogP contribution >= 0.6 is 0 Å². The Labute approximate surface area is 116 Å². The van der Waals surface area contributed by atoms with E-state index in [-0.39, 0.29) is 17.9 Å². The quantitative estimate of drug-likeness (QED) is 0.848. The van der Waals surface area contributed by atoms with Crippen LogP contribution in [0.2, 0.25) is 0 Å². The second-order valence-corrected chi connectivity index (χ2v) is 5.75. The number of hydrogen-bond donors (Lipinski definition) is 1. The number of carbonyl (C=O) groups is 1. The predicted octanol–water partition coefficient (Wildman–Crippen LogP) is 4.08. The Bertz CT molecular complexity index is 395. The van der Waals surface area contributed by atoms with Gasteiger partial charge >= 0.3 is 0 Å². The highest BCUT2D eigenvalue weighted by molar-refractivity contribution is 5.78. The Morgan fingerprint density at radius 1 is 1.26 bits per heavy atom. The summed E-state index contributed by atoms with van der Waals surface area (Å²) in [5.74, 6) is 0.909. The topological polar surface area (TPSA) is 29.1 Å². The lowest BCUT2D eigenvalue weighted by Crippen LogP contribution is -2.36. The van der Waals surface area contributed by atoms with Gasteiger partial charge in [-0.05, 0) is 30.7 Å². The summed E-state index contributed by atoms with van der Waals surface area (Å²) >= 11 is 0. The highest BCUT2D eigenvalue weighted by Crippen LogP contribution is 2.35. The summed E-state index contributed by atoms with van der Waals surface area (Å²) in [5.41, 5.74) is 1.26. The maximum atomic E-state index is 12.2. The van der Waals surface area contributed by atoms with E-state index < -0.39 is 0 Å². The first-order chi connectivity index (χ1) is 9.22. The summed E-state index contributed by atoms with van der Waals surface area (Å²) in [6, 6.07) is 10.6. The van der Waals surface area contributed by atoms with Crippen molar-refractivity contribution < 1.29 is 4.79 Å². The molecule has 1 aliphatic carbocycles. The van der Waals surface area contributed by atoms with Crippen molar-refractivity contribution >= 4 is 5.91 Å². The predicted molar refractivity (Wildman–Crippen MR) is 78.7 cm³/mol. The molecule has 2 nitrogen and oxygen atoms in total. The fraction of sp³-hybridized carbons (Fsp3) is 0.588. The van der Waals surface area contributed by atoms with E-state index in [9.17, 15) is 4.79 Å². The molecule has 1 fully saturated rings. The van der Waals surface area contributed by atoms with Gasteiger partial charge in [-0.25, -0.2) is 0 Å². The molecule has 1 aliphatic rings. The van der Waals surface area contributed by atoms with Gasteiger partial charge in [0.1, 0.15) is 0 Å². The smallest absolute Gasteiger partial charge is 0.223 e. The molecule has 0 aliphatic heterocycles. The molecule has 1 saturated carbocycles. The molecule has 1 N–H and O–H groups in total. The third-order valence-corrected chi connectivity index (χ3v) is 4.39. The van der Waals surface area contributed by atoms with E-state index in [4.69, 9.17) is 0 Å². The van der Waals surface area contributed by atoms with Crippen molar-refractivity contribution in [2.45, 2.75) is 52.0 Å². The van der Waals surface area contributed by atoms with Gasteiger partial charge in [0, 0.05) is 5.92 Å². The lowest BCUT2D eigenvalue weighted by molar-refractivity contribution is -0.125. The van der Waals surface area contributed by atoms with Crippen molar-refractivity contribution in [2.24, 2.45) is 11.8 Å². The fourth-order valence-electron chi connectivity index (χ4n) is 2.91. The first kappa shape index (κ1) is 14.1. The van der Waals surface area contributed by atoms with Crippen LogP contribution in [0, 0.1) is 11.8 Å². The van der Waals surface area contributed by atoms with E-state index in [0.29, 0.717) is 5.92 Å². The van der Waals surface area contributed by atoms with Crippen LogP contribution in [0.4, 0.5) is 0 Å². The Morgan fingerprint density at radius 2 is 1.89 bits per heavy atom. The summed E-state index contributed by atoms with van der Waals surface area (Å²) in [5, 5.41) is 3.29. The second kappa shape index (κ2) is 6.74. The number of amides is 1. The molecular formula is C17H25NO. The van der Waals surface area contributed by atoms with Gasteiger partial charge in [-0.2, -0.15) is 0 Å². The van der Waals surface area contributed by atoms with Crippen molar-refractivity contribution in [3.63, 3.8) is 0 Å². The third kappa shape index (κ3) is 3.59. The molecule has 2 rings (SSSR count). The Morgan fingerprint density at radius 3 is 2.47 bits per heavy atom. The molecular weight excluding hydrogens is 234 g/mol. The molecule has 0 radical (unpaired) electrons. The monoisotopic (exact) mass is 259 g/mol. The lowest BCUT2D eigenvalue weighted by Gasteiger charge is -2.26. The van der Waals surface area contributed by atoms with Gasteiger partial charge in [0.15, 0.2) is 0 Å². The minimum atomic E-state index is 0.104. The average molecular weight is 259 g/mol. The molecule has 2 unspecified atom stereocenters. The maximum Gasteiger partial charge on any atom is 0.223 e. The zero-order valence-corrected chi connectivity index (χ0v) is 12.1. The number of nitrogens with one attached hydrogen (secondary N) is 1. The second-order valence-electron chi connectivity index (χ2n) is 5.75. The number of carbonyl (C=O) groups excluding carboxylic acids is 1. The summed E-state index contributed by atoms with van der Waals surface area (Å²) in [4.78, 5) is 12.2. The Balaban J connectivity index is 2.13. The van der Waals surface area contributed by atoms with Gasteiger partial charge in [-0.15, -0.1) is 0 Å². The van der Waals surface area contributed by atoms with Crippen LogP contribution in [0.25, 0.3) is 0 Å². The number of hydrogen-bond acceptors (Lipinski definition) is 1. The summed E-state index contributed by atoms with van der Waals surface area (Å²) in [6.07, 6.45) is 5.97. The van der Waals surface area contributed by atoms with E-state index >= 15 is 0 Å². The molecule has 0 saturated heterocycles. The van der Waals surface area contributed by atoms with E-state index in [2.05, 4.69) is 36.5 Å². The van der Waals surface area contributed by atoms with Crippen molar-refractivity contribution in [1.82, 2.24) is 5.32 Å². The molecule has 0 bridgehead atoms. The molecule has 1 aromatic rings. The molecule has 0 aromatic heterocycles. The van der Waals surface area contributed by atoms with Crippen molar-refractivity contribution in [3.05, 3.63) is 35.9 Å². The van der Waals surface area contributed by atoms with Crippen LogP contribution in [0.5, 0.6) is 0 Å². The average Bonchev–Trinajstić information content (AvgIpc) is 2.98. The summed E-state index contributed by atoms with van der Waals surface area (Å²) < 4.78 is 0. The van der Waals surface area contributed by atoms with Gasteiger partial charge in [0.25, 0.3) is 0 Å². The molecule has 2 atom stereocenters. The van der Waals surface area contributed by atoms with Crippen molar-refractivity contribution in [1.29, 1.82) is 0 Å². The number of rotatable bonds is 5. The SMILES string of the molecule is CCC(C)C(=O)NC(c1ccccc1)C1CCCC1. The van der Waals surface area contributed by atoms with Crippen LogP contribution < -0.4 is 5.32 Å². The molecule has 19 heavy (non-hydrogen) atoms. The minimum Gasteiger partial charge on any atom is -0.349 e. The largest absolute Gasteiger partial charge is 0.349 e. The first-order valence-electron chi connectivity index (χ1n) is 7.57. The zero-order valence-electron chi connectivity index (χ0n) is 12.1. The van der Waals surface area contributed by atoms with E-state index in [1.165, 1.54) is 31.2 Å². The lowest BCUT2D eigenvalue weighted by atomic mass is 9.91. The van der Waals surface area contributed by atoms with Crippen LogP contribution in [0.3, 0.4) is 0 Å². The van der Waals surface area contributed by atoms with E-state index in [1.54, 1.807) is 0 Å². The van der Waals surface area contributed by atoms with Crippen LogP contribution in [0.1, 0.15) is 57.6 Å². The summed E-state index contributed by atoms with van der Waals surface area (Å²) in [7, 11) is 0. The highest BCUT2D eigenvalue weighted by Gasteiger charge is 2.28. The van der Waals surface area contributed by atoms with Crippen LogP contribution in [-0.2, 0) is 4.79 Å². The first-order valence-corrected chi connectivity index (χ1v) is 7.57. The van der Waals surface area contributed by atoms with Crippen molar-refractivity contribution in [3.8, 4) is 0 Å². The van der Waals surface area contributed by atoms with Crippen molar-refractivity contribution in [2.75, 3.05) is 0 Å². The number of benzene rings is 1. The molecule has 0 spiro atoms. The Hall–Kier alpha value is -1.31. The van der Waals surface area contributed by atoms with E-state index in [0.717, 1.165) is 6.42 Å². The fourth-order valence-corrected chi connectivity index (χ4v) is 2.91. The van der Waals surface area contributed by atoms with E-state index in [1.807, 2.05) is 13.0 Å². The Kier molecular flexibility index (Phi) is 5.00. The summed E-state index contributed by atoms with van der Waals surface area (Å²) in [6.45, 7) is 4.07. The zero-order chi connectivity index (χ0) is 13.7. The molecule has 1 aromatic carbocycles. The molecule has 1 amide bonds. The third-order valence-electron chi connectivity index (χ3n) is 4.39. The maximum absolute atomic E-state index is 12.2. The highest BCUT2D eigenvalue weighted by atomic mass is 16.1. The van der Waals surface area contributed by atoms with Gasteiger partial charge < -0.3 is 5.32 Å². The van der Waals surface area contributed by atoms with Gasteiger partial charge in [-0.1, -0.05) is 57.0 Å². The molecule has 2 heteroatoms. The molecule has 104 valence electrons. The molecule has 0 heterocycles. The van der Waals surface area contributed by atoms with Gasteiger partial charge in [0.2, 0.25) is 5.91 Å².